The fourth-order valence-electron chi connectivity index (χ4n) is 2.07. The summed E-state index contributed by atoms with van der Waals surface area (Å²) in [5.74, 6) is -0.429. The fraction of sp³-hybridized carbons (Fsp3) is 0.500. The third-order valence-corrected chi connectivity index (χ3v) is 3.02. The van der Waals surface area contributed by atoms with E-state index in [1.54, 1.807) is 0 Å². The van der Waals surface area contributed by atoms with Crippen LogP contribution in [-0.2, 0) is 0 Å². The number of halogens is 1. The molecule has 0 radical (unpaired) electrons. The minimum Gasteiger partial charge on any atom is -0.393 e. The van der Waals surface area contributed by atoms with Crippen LogP contribution in [0.15, 0.2) is 18.3 Å². The predicted octanol–water partition coefficient (Wildman–Crippen LogP) is 1.11. The van der Waals surface area contributed by atoms with Crippen molar-refractivity contribution >= 4 is 5.91 Å². The molecular weight excluding hydrogens is 223 g/mol. The number of nitrogens with one attached hydrogen (secondary N) is 1. The van der Waals surface area contributed by atoms with Gasteiger partial charge >= 0.3 is 0 Å². The van der Waals surface area contributed by atoms with Gasteiger partial charge in [0.15, 0.2) is 0 Å². The van der Waals surface area contributed by atoms with Crippen LogP contribution in [0.2, 0.25) is 0 Å². The molecule has 1 aromatic rings. The third-order valence-electron chi connectivity index (χ3n) is 3.02. The highest BCUT2D eigenvalue weighted by molar-refractivity contribution is 5.92. The first-order valence-electron chi connectivity index (χ1n) is 5.73. The van der Waals surface area contributed by atoms with Gasteiger partial charge < -0.3 is 10.4 Å². The Bertz CT molecular complexity index is 394. The quantitative estimate of drug-likeness (QED) is 0.829. The molecule has 1 amide bonds. The summed E-state index contributed by atoms with van der Waals surface area (Å²) in [4.78, 5) is 15.3. The van der Waals surface area contributed by atoms with Crippen LogP contribution in [0.4, 0.5) is 4.39 Å². The van der Waals surface area contributed by atoms with Gasteiger partial charge in [0.2, 0.25) is 0 Å². The fourth-order valence-corrected chi connectivity index (χ4v) is 2.07. The van der Waals surface area contributed by atoms with Crippen molar-refractivity contribution in [3.8, 4) is 0 Å². The number of aliphatic hydroxyl groups excluding tert-OH is 1. The molecular formula is C12H15FN2O2. The van der Waals surface area contributed by atoms with E-state index in [0.717, 1.165) is 25.5 Å². The molecule has 1 aliphatic carbocycles. The van der Waals surface area contributed by atoms with Gasteiger partial charge in [-0.1, -0.05) is 0 Å². The van der Waals surface area contributed by atoms with Crippen LogP contribution in [-0.4, -0.2) is 28.6 Å². The summed E-state index contributed by atoms with van der Waals surface area (Å²) in [6, 6.07) is 2.56. The van der Waals surface area contributed by atoms with Crippen LogP contribution in [0.25, 0.3) is 0 Å². The summed E-state index contributed by atoms with van der Waals surface area (Å²) in [6.45, 7) is 0.537. The zero-order valence-electron chi connectivity index (χ0n) is 9.40. The number of pyridine rings is 1. The molecule has 0 spiro atoms. The Kier molecular flexibility index (Phi) is 3.68. The summed E-state index contributed by atoms with van der Waals surface area (Å²) in [6.07, 6.45) is 3.25. The van der Waals surface area contributed by atoms with E-state index in [0.29, 0.717) is 12.5 Å². The maximum Gasteiger partial charge on any atom is 0.269 e. The third kappa shape index (κ3) is 3.23. The van der Waals surface area contributed by atoms with E-state index >= 15 is 0 Å². The molecule has 17 heavy (non-hydrogen) atoms. The van der Waals surface area contributed by atoms with Gasteiger partial charge in [-0.3, -0.25) is 4.79 Å². The molecule has 5 heteroatoms. The molecule has 1 aliphatic rings. The molecule has 0 aromatic carbocycles. The van der Waals surface area contributed by atoms with E-state index in [1.807, 2.05) is 0 Å². The molecule has 4 nitrogen and oxygen atoms in total. The molecule has 1 heterocycles. The Morgan fingerprint density at radius 3 is 2.94 bits per heavy atom. The van der Waals surface area contributed by atoms with Crippen LogP contribution in [0.5, 0.6) is 0 Å². The lowest BCUT2D eigenvalue weighted by Gasteiger charge is -2.10. The standard InChI is InChI=1S/C12H15FN2O2/c13-9-2-4-11(14-7-9)12(17)15-6-8-1-3-10(16)5-8/h2,4,7-8,10,16H,1,3,5-6H2,(H,15,17). The van der Waals surface area contributed by atoms with Crippen molar-refractivity contribution in [3.63, 3.8) is 0 Å². The molecule has 2 unspecified atom stereocenters. The number of hydrogen-bond donors (Lipinski definition) is 2. The molecule has 1 fully saturated rings. The van der Waals surface area contributed by atoms with Crippen molar-refractivity contribution in [1.29, 1.82) is 0 Å². The topological polar surface area (TPSA) is 62.2 Å². The summed E-state index contributed by atoms with van der Waals surface area (Å²) >= 11 is 0. The van der Waals surface area contributed by atoms with Crippen LogP contribution in [0, 0.1) is 11.7 Å². The number of aromatic nitrogens is 1. The van der Waals surface area contributed by atoms with Gasteiger partial charge in [-0.25, -0.2) is 9.37 Å². The minimum absolute atomic E-state index is 0.213. The van der Waals surface area contributed by atoms with Gasteiger partial charge in [-0.05, 0) is 37.3 Å². The highest BCUT2D eigenvalue weighted by Gasteiger charge is 2.23. The molecule has 92 valence electrons. The summed E-state index contributed by atoms with van der Waals surface area (Å²) in [5.41, 5.74) is 0.213. The van der Waals surface area contributed by atoms with Crippen LogP contribution in [0.1, 0.15) is 29.8 Å². The zero-order valence-corrected chi connectivity index (χ0v) is 9.40. The summed E-state index contributed by atoms with van der Waals surface area (Å²) < 4.78 is 12.6. The molecule has 2 rings (SSSR count). The minimum atomic E-state index is -0.458. The van der Waals surface area contributed by atoms with Gasteiger partial charge in [-0.15, -0.1) is 0 Å². The van der Waals surface area contributed by atoms with Gasteiger partial charge in [0.1, 0.15) is 11.5 Å². The number of carbonyl (C=O) groups is 1. The number of hydrogen-bond acceptors (Lipinski definition) is 3. The first-order valence-corrected chi connectivity index (χ1v) is 5.73. The normalized spacial score (nSPS) is 23.6. The summed E-state index contributed by atoms with van der Waals surface area (Å²) in [7, 11) is 0. The van der Waals surface area contributed by atoms with Crippen molar-refractivity contribution < 1.29 is 14.3 Å². The highest BCUT2D eigenvalue weighted by Crippen LogP contribution is 2.24. The second-order valence-corrected chi connectivity index (χ2v) is 4.40. The van der Waals surface area contributed by atoms with Gasteiger partial charge in [0.25, 0.3) is 5.91 Å². The molecule has 1 aromatic heterocycles. The first-order chi connectivity index (χ1) is 8.15. The van der Waals surface area contributed by atoms with E-state index in [9.17, 15) is 14.3 Å². The van der Waals surface area contributed by atoms with Crippen LogP contribution >= 0.6 is 0 Å². The number of carbonyl (C=O) groups excluding carboxylic acids is 1. The van der Waals surface area contributed by atoms with Crippen molar-refractivity contribution in [3.05, 3.63) is 29.8 Å². The lowest BCUT2D eigenvalue weighted by molar-refractivity contribution is 0.0940. The summed E-state index contributed by atoms with van der Waals surface area (Å²) in [5, 5.41) is 12.1. The van der Waals surface area contributed by atoms with Crippen LogP contribution < -0.4 is 5.32 Å². The average Bonchev–Trinajstić information content (AvgIpc) is 2.73. The Balaban J connectivity index is 1.83. The number of nitrogens with zero attached hydrogens (tertiary/aromatic N) is 1. The van der Waals surface area contributed by atoms with Crippen molar-refractivity contribution in [2.24, 2.45) is 5.92 Å². The highest BCUT2D eigenvalue weighted by atomic mass is 19.1. The van der Waals surface area contributed by atoms with Crippen LogP contribution in [0.3, 0.4) is 0 Å². The molecule has 2 N–H and O–H groups in total. The molecule has 1 saturated carbocycles. The van der Waals surface area contributed by atoms with E-state index < -0.39 is 5.82 Å². The lowest BCUT2D eigenvalue weighted by Crippen LogP contribution is -2.29. The van der Waals surface area contributed by atoms with Gasteiger partial charge in [-0.2, -0.15) is 0 Å². The SMILES string of the molecule is O=C(NCC1CCC(O)C1)c1ccc(F)cn1. The second kappa shape index (κ2) is 5.23. The largest absolute Gasteiger partial charge is 0.393 e. The molecule has 0 saturated heterocycles. The Labute approximate surface area is 98.9 Å². The predicted molar refractivity (Wildman–Crippen MR) is 59.9 cm³/mol. The van der Waals surface area contributed by atoms with Gasteiger partial charge in [0.05, 0.1) is 12.3 Å². The Morgan fingerprint density at radius 2 is 2.35 bits per heavy atom. The zero-order chi connectivity index (χ0) is 12.3. The van der Waals surface area contributed by atoms with E-state index in [1.165, 1.54) is 12.1 Å². The monoisotopic (exact) mass is 238 g/mol. The average molecular weight is 238 g/mol. The van der Waals surface area contributed by atoms with Crippen molar-refractivity contribution in [2.45, 2.75) is 25.4 Å². The number of aliphatic hydroxyl groups is 1. The maximum atomic E-state index is 12.6. The number of rotatable bonds is 3. The molecule has 0 bridgehead atoms. The lowest BCUT2D eigenvalue weighted by atomic mass is 10.1. The molecule has 0 aliphatic heterocycles. The van der Waals surface area contributed by atoms with Crippen molar-refractivity contribution in [2.75, 3.05) is 6.54 Å². The van der Waals surface area contributed by atoms with E-state index in [-0.39, 0.29) is 17.7 Å². The van der Waals surface area contributed by atoms with Crippen molar-refractivity contribution in [1.82, 2.24) is 10.3 Å². The Hall–Kier alpha value is -1.49. The number of amides is 1. The smallest absolute Gasteiger partial charge is 0.269 e. The first kappa shape index (κ1) is 12.0. The van der Waals surface area contributed by atoms with Gasteiger partial charge in [0, 0.05) is 6.54 Å². The molecule has 2 atom stereocenters. The maximum absolute atomic E-state index is 12.6. The second-order valence-electron chi connectivity index (χ2n) is 4.40. The van der Waals surface area contributed by atoms with E-state index in [4.69, 9.17) is 0 Å². The Morgan fingerprint density at radius 1 is 1.53 bits per heavy atom. The van der Waals surface area contributed by atoms with E-state index in [2.05, 4.69) is 10.3 Å².